The number of rotatable bonds is 1. The molecule has 0 atom stereocenters. The third-order valence-corrected chi connectivity index (χ3v) is 2.22. The van der Waals surface area contributed by atoms with E-state index in [2.05, 4.69) is 23.0 Å². The highest BCUT2D eigenvalue weighted by atomic mass is 16.2. The minimum absolute atomic E-state index is 0.250. The molecule has 0 saturated heterocycles. The van der Waals surface area contributed by atoms with Crippen LogP contribution in [0.5, 0.6) is 0 Å². The van der Waals surface area contributed by atoms with Crippen LogP contribution in [0.4, 0.5) is 5.82 Å². The summed E-state index contributed by atoms with van der Waals surface area (Å²) in [4.78, 5) is 24.4. The van der Waals surface area contributed by atoms with E-state index < -0.39 is 0 Å². The van der Waals surface area contributed by atoms with Crippen LogP contribution in [0.2, 0.25) is 0 Å². The quantitative estimate of drug-likeness (QED) is 0.733. The lowest BCUT2D eigenvalue weighted by Gasteiger charge is -2.02. The molecule has 1 aromatic heterocycles. The van der Waals surface area contributed by atoms with Gasteiger partial charge in [0.2, 0.25) is 0 Å². The molecule has 5 nitrogen and oxygen atoms in total. The third kappa shape index (κ3) is 2.27. The van der Waals surface area contributed by atoms with Crippen molar-refractivity contribution in [3.8, 4) is 0 Å². The number of hydrogen-bond donors (Lipinski definition) is 1. The lowest BCUT2D eigenvalue weighted by atomic mass is 10.1. The van der Waals surface area contributed by atoms with Gasteiger partial charge in [0.05, 0.1) is 5.69 Å². The van der Waals surface area contributed by atoms with Crippen molar-refractivity contribution in [2.24, 2.45) is 0 Å². The maximum Gasteiger partial charge on any atom is 0.373 e. The van der Waals surface area contributed by atoms with Crippen LogP contribution in [0.25, 0.3) is 5.57 Å². The maximum absolute atomic E-state index is 8.12. The Morgan fingerprint density at radius 3 is 2.73 bits per heavy atom. The molecule has 1 aliphatic rings. The zero-order chi connectivity index (χ0) is 11.3. The Hall–Kier alpha value is -2.00. The molecular weight excluding hydrogens is 194 g/mol. The average Bonchev–Trinajstić information content (AvgIpc) is 2.63. The molecule has 0 spiro atoms. The molecule has 1 aliphatic carbocycles. The Morgan fingerprint density at radius 2 is 2.13 bits per heavy atom. The van der Waals surface area contributed by atoms with E-state index in [1.807, 2.05) is 0 Å². The molecule has 0 fully saturated rings. The molecule has 0 aliphatic heterocycles. The number of fused-ring (bicyclic) bond motifs is 1. The second-order valence-corrected chi connectivity index (χ2v) is 2.96. The lowest BCUT2D eigenvalue weighted by molar-refractivity contribution is -0.191. The van der Waals surface area contributed by atoms with Crippen molar-refractivity contribution >= 4 is 17.5 Å². The van der Waals surface area contributed by atoms with Crippen LogP contribution in [0, 0.1) is 0 Å². The Bertz CT molecular complexity index is 421. The summed E-state index contributed by atoms with van der Waals surface area (Å²) >= 11 is 0. The summed E-state index contributed by atoms with van der Waals surface area (Å²) in [6.07, 6.45) is 5.87. The second kappa shape index (κ2) is 5.02. The van der Waals surface area contributed by atoms with Crippen molar-refractivity contribution in [1.29, 1.82) is 0 Å². The van der Waals surface area contributed by atoms with Crippen LogP contribution in [-0.4, -0.2) is 16.1 Å². The lowest BCUT2D eigenvalue weighted by Crippen LogP contribution is -1.99. The summed E-state index contributed by atoms with van der Waals surface area (Å²) in [6.45, 7) is 2.12. The van der Waals surface area contributed by atoms with Crippen LogP contribution in [0.1, 0.15) is 24.6 Å². The van der Waals surface area contributed by atoms with Crippen LogP contribution < -0.4 is 5.73 Å². The Kier molecular flexibility index (Phi) is 3.71. The van der Waals surface area contributed by atoms with Crippen molar-refractivity contribution in [3.63, 3.8) is 0 Å². The van der Waals surface area contributed by atoms with Gasteiger partial charge in [-0.05, 0) is 18.4 Å². The van der Waals surface area contributed by atoms with Crippen molar-refractivity contribution in [3.05, 3.63) is 23.7 Å². The summed E-state index contributed by atoms with van der Waals surface area (Å²) in [5.74, 6) is 0.625. The average molecular weight is 205 g/mol. The van der Waals surface area contributed by atoms with Crippen molar-refractivity contribution in [2.75, 3.05) is 5.73 Å². The molecular formula is C10H11N3O2. The Labute approximate surface area is 87.0 Å². The number of aromatic nitrogens is 2. The Balaban J connectivity index is 0.000000337. The molecule has 0 bridgehead atoms. The van der Waals surface area contributed by atoms with Gasteiger partial charge in [0, 0.05) is 5.56 Å². The first-order valence-corrected chi connectivity index (χ1v) is 4.52. The van der Waals surface area contributed by atoms with E-state index in [4.69, 9.17) is 15.3 Å². The molecule has 0 unspecified atom stereocenters. The minimum atomic E-state index is 0.250. The van der Waals surface area contributed by atoms with Gasteiger partial charge >= 0.3 is 6.15 Å². The van der Waals surface area contributed by atoms with E-state index in [1.165, 1.54) is 11.9 Å². The van der Waals surface area contributed by atoms with Gasteiger partial charge in [-0.1, -0.05) is 13.0 Å². The Morgan fingerprint density at radius 1 is 1.47 bits per heavy atom. The monoisotopic (exact) mass is 205 g/mol. The van der Waals surface area contributed by atoms with E-state index in [9.17, 15) is 0 Å². The topological polar surface area (TPSA) is 85.9 Å². The van der Waals surface area contributed by atoms with Crippen LogP contribution in [-0.2, 0) is 16.0 Å². The molecule has 78 valence electrons. The second-order valence-electron chi connectivity index (χ2n) is 2.96. The van der Waals surface area contributed by atoms with E-state index >= 15 is 0 Å². The highest BCUT2D eigenvalue weighted by Crippen LogP contribution is 2.29. The number of carbonyl (C=O) groups excluding carboxylic acids is 2. The summed E-state index contributed by atoms with van der Waals surface area (Å²) in [7, 11) is 0. The molecule has 0 amide bonds. The largest absolute Gasteiger partial charge is 0.383 e. The molecule has 15 heavy (non-hydrogen) atoms. The van der Waals surface area contributed by atoms with E-state index in [0.29, 0.717) is 5.82 Å². The third-order valence-electron chi connectivity index (χ3n) is 2.22. The van der Waals surface area contributed by atoms with Gasteiger partial charge < -0.3 is 5.73 Å². The van der Waals surface area contributed by atoms with Gasteiger partial charge in [0.25, 0.3) is 0 Å². The molecule has 1 heterocycles. The fourth-order valence-electron chi connectivity index (χ4n) is 1.54. The summed E-state index contributed by atoms with van der Waals surface area (Å²) in [5, 5.41) is 0. The SMILES string of the molecule is CCC1=CCc2c(N)ncnc21.O=C=O. The fourth-order valence-corrected chi connectivity index (χ4v) is 1.54. The highest BCUT2D eigenvalue weighted by Gasteiger charge is 2.16. The number of anilines is 1. The van der Waals surface area contributed by atoms with Gasteiger partial charge in [-0.25, -0.2) is 9.97 Å². The van der Waals surface area contributed by atoms with Gasteiger partial charge in [-0.2, -0.15) is 9.59 Å². The van der Waals surface area contributed by atoms with E-state index in [1.54, 1.807) is 0 Å². The van der Waals surface area contributed by atoms with E-state index in [0.717, 1.165) is 24.1 Å². The van der Waals surface area contributed by atoms with Gasteiger partial charge in [-0.15, -0.1) is 0 Å². The first-order valence-electron chi connectivity index (χ1n) is 4.52. The number of nitrogens with zero attached hydrogens (tertiary/aromatic N) is 2. The number of allylic oxidation sites excluding steroid dienone is 2. The van der Waals surface area contributed by atoms with Gasteiger partial charge in [0.15, 0.2) is 0 Å². The number of nitrogens with two attached hydrogens (primary N) is 1. The van der Waals surface area contributed by atoms with Gasteiger partial charge in [-0.3, -0.25) is 0 Å². The normalized spacial score (nSPS) is 11.9. The molecule has 2 rings (SSSR count). The molecule has 0 saturated carbocycles. The van der Waals surface area contributed by atoms with Crippen molar-refractivity contribution in [2.45, 2.75) is 19.8 Å². The highest BCUT2D eigenvalue weighted by molar-refractivity contribution is 5.73. The number of nitrogen functional groups attached to an aromatic ring is 1. The smallest absolute Gasteiger partial charge is 0.373 e. The first-order chi connectivity index (χ1) is 7.24. The van der Waals surface area contributed by atoms with Gasteiger partial charge in [0.1, 0.15) is 12.1 Å². The van der Waals surface area contributed by atoms with E-state index in [-0.39, 0.29) is 6.15 Å². The number of hydrogen-bond acceptors (Lipinski definition) is 5. The zero-order valence-electron chi connectivity index (χ0n) is 8.36. The standard InChI is InChI=1S/C9H11N3.CO2/c1-2-6-3-4-7-8(6)11-5-12-9(7)10;2-1-3/h3,5H,2,4H2,1H3,(H2,10,11,12);. The molecule has 1 aromatic rings. The van der Waals surface area contributed by atoms with Crippen LogP contribution in [0.15, 0.2) is 12.4 Å². The molecule has 0 aromatic carbocycles. The summed E-state index contributed by atoms with van der Waals surface area (Å²) < 4.78 is 0. The predicted octanol–water partition coefficient (Wildman–Crippen LogP) is 0.825. The maximum atomic E-state index is 8.12. The zero-order valence-corrected chi connectivity index (χ0v) is 8.36. The summed E-state index contributed by atoms with van der Waals surface area (Å²) in [5.41, 5.74) is 9.13. The predicted molar refractivity (Wildman–Crippen MR) is 53.4 cm³/mol. The molecule has 0 radical (unpaired) electrons. The molecule has 5 heteroatoms. The summed E-state index contributed by atoms with van der Waals surface area (Å²) in [6, 6.07) is 0. The van der Waals surface area contributed by atoms with Crippen LogP contribution in [0.3, 0.4) is 0 Å². The van der Waals surface area contributed by atoms with Crippen molar-refractivity contribution < 1.29 is 9.59 Å². The first kappa shape index (κ1) is 11.1. The van der Waals surface area contributed by atoms with Crippen molar-refractivity contribution in [1.82, 2.24) is 9.97 Å². The fraction of sp³-hybridized carbons (Fsp3) is 0.300. The minimum Gasteiger partial charge on any atom is -0.383 e. The van der Waals surface area contributed by atoms with Crippen LogP contribution >= 0.6 is 0 Å². The molecule has 2 N–H and O–H groups in total.